The molecule has 0 radical (unpaired) electrons. The Morgan fingerprint density at radius 3 is 2.88 bits per heavy atom. The number of carbonyl (C=O) groups excluding carboxylic acids is 2. The van der Waals surface area contributed by atoms with Crippen LogP contribution in [-0.4, -0.2) is 54.8 Å². The van der Waals surface area contributed by atoms with Crippen molar-refractivity contribution in [3.05, 3.63) is 45.6 Å². The Balaban J connectivity index is 1.25. The van der Waals surface area contributed by atoms with Crippen molar-refractivity contribution < 1.29 is 9.59 Å². The number of nitrogens with zero attached hydrogens (tertiary/aromatic N) is 5. The highest BCUT2D eigenvalue weighted by atomic mass is 79.9. The lowest BCUT2D eigenvalue weighted by atomic mass is 10.2. The fourth-order valence-corrected chi connectivity index (χ4v) is 4.95. The monoisotopic (exact) mass is 528 g/mol. The second-order valence-electron chi connectivity index (χ2n) is 7.76. The minimum atomic E-state index is -0.268. The Labute approximate surface area is 201 Å². The first-order valence-corrected chi connectivity index (χ1v) is 12.1. The molecule has 33 heavy (non-hydrogen) atoms. The topological polar surface area (TPSA) is 121 Å². The summed E-state index contributed by atoms with van der Waals surface area (Å²) < 4.78 is 2.38. The number of aryl methyl sites for hydroxylation is 1. The van der Waals surface area contributed by atoms with E-state index in [1.54, 1.807) is 16.9 Å². The third-order valence-corrected chi connectivity index (χ3v) is 7.02. The van der Waals surface area contributed by atoms with Gasteiger partial charge in [0.05, 0.1) is 17.4 Å². The Morgan fingerprint density at radius 1 is 1.24 bits per heavy atom. The van der Waals surface area contributed by atoms with E-state index in [0.717, 1.165) is 47.0 Å². The molecule has 10 nitrogen and oxygen atoms in total. The number of likely N-dealkylation sites (tertiary alicyclic amines) is 1. The molecule has 0 spiro atoms. The van der Waals surface area contributed by atoms with E-state index >= 15 is 0 Å². The number of thiazole rings is 1. The Morgan fingerprint density at radius 2 is 2.06 bits per heavy atom. The average Bonchev–Trinajstić information content (AvgIpc) is 3.59. The number of anilines is 3. The number of amides is 2. The van der Waals surface area contributed by atoms with Crippen molar-refractivity contribution in [2.45, 2.75) is 26.3 Å². The van der Waals surface area contributed by atoms with Gasteiger partial charge in [0.25, 0.3) is 5.91 Å². The maximum atomic E-state index is 12.9. The van der Waals surface area contributed by atoms with E-state index in [2.05, 4.69) is 46.8 Å². The molecule has 3 N–H and O–H groups in total. The van der Waals surface area contributed by atoms with Gasteiger partial charge in [0, 0.05) is 40.9 Å². The first-order valence-electron chi connectivity index (χ1n) is 10.5. The molecular formula is C21H21BrN8O2S. The molecule has 1 fully saturated rings. The molecule has 0 saturated carbocycles. The molecule has 4 aromatic rings. The SMILES string of the molecule is Cc1[nH]nc2ccc(Br)c(NC(=O)c3cnc(Nc4ccn(CC(=O)N5CCCC5)n4)s3)c12. The molecule has 0 bridgehead atoms. The fourth-order valence-electron chi connectivity index (χ4n) is 3.80. The quantitative estimate of drug-likeness (QED) is 0.349. The van der Waals surface area contributed by atoms with Crippen LogP contribution in [0.1, 0.15) is 28.2 Å². The molecule has 0 unspecified atom stereocenters. The zero-order chi connectivity index (χ0) is 22.9. The van der Waals surface area contributed by atoms with E-state index in [9.17, 15) is 9.59 Å². The number of rotatable bonds is 6. The Kier molecular flexibility index (Phi) is 5.85. The van der Waals surface area contributed by atoms with Gasteiger partial charge in [-0.15, -0.1) is 0 Å². The third-order valence-electron chi connectivity index (χ3n) is 5.45. The van der Waals surface area contributed by atoms with Gasteiger partial charge in [-0.3, -0.25) is 19.4 Å². The smallest absolute Gasteiger partial charge is 0.267 e. The summed E-state index contributed by atoms with van der Waals surface area (Å²) in [6.45, 7) is 3.76. The lowest BCUT2D eigenvalue weighted by molar-refractivity contribution is -0.130. The number of carbonyl (C=O) groups is 2. The zero-order valence-electron chi connectivity index (χ0n) is 17.8. The fraction of sp³-hybridized carbons (Fsp3) is 0.286. The number of nitrogens with one attached hydrogen (secondary N) is 3. The Hall–Kier alpha value is -3.25. The van der Waals surface area contributed by atoms with Gasteiger partial charge in [-0.05, 0) is 47.8 Å². The number of hydrogen-bond donors (Lipinski definition) is 3. The van der Waals surface area contributed by atoms with Crippen LogP contribution in [0.3, 0.4) is 0 Å². The number of aromatic nitrogens is 5. The van der Waals surface area contributed by atoms with Crippen LogP contribution in [0.5, 0.6) is 0 Å². The lowest BCUT2D eigenvalue weighted by Crippen LogP contribution is -2.31. The van der Waals surface area contributed by atoms with Crippen LogP contribution in [0, 0.1) is 6.92 Å². The molecular weight excluding hydrogens is 508 g/mol. The van der Waals surface area contributed by atoms with Crippen LogP contribution in [0.25, 0.3) is 10.9 Å². The molecule has 0 aliphatic carbocycles. The molecule has 170 valence electrons. The predicted molar refractivity (Wildman–Crippen MR) is 130 cm³/mol. The summed E-state index contributed by atoms with van der Waals surface area (Å²) in [4.78, 5) is 31.8. The molecule has 4 heterocycles. The van der Waals surface area contributed by atoms with Crippen LogP contribution >= 0.6 is 27.3 Å². The summed E-state index contributed by atoms with van der Waals surface area (Å²) in [7, 11) is 0. The first kappa shape index (κ1) is 21.6. The molecule has 2 amide bonds. The van der Waals surface area contributed by atoms with Crippen molar-refractivity contribution in [1.82, 2.24) is 29.9 Å². The van der Waals surface area contributed by atoms with Gasteiger partial charge in [-0.25, -0.2) is 4.98 Å². The highest BCUT2D eigenvalue weighted by Crippen LogP contribution is 2.33. The molecule has 12 heteroatoms. The van der Waals surface area contributed by atoms with E-state index in [0.29, 0.717) is 21.5 Å². The summed E-state index contributed by atoms with van der Waals surface area (Å²) >= 11 is 4.73. The first-order chi connectivity index (χ1) is 16.0. The van der Waals surface area contributed by atoms with E-state index in [1.807, 2.05) is 24.0 Å². The minimum absolute atomic E-state index is 0.0735. The minimum Gasteiger partial charge on any atom is -0.341 e. The molecule has 1 aliphatic heterocycles. The van der Waals surface area contributed by atoms with Gasteiger partial charge in [0.2, 0.25) is 5.91 Å². The second kappa shape index (κ2) is 8.94. The molecule has 1 aliphatic rings. The van der Waals surface area contributed by atoms with Crippen molar-refractivity contribution in [2.75, 3.05) is 23.7 Å². The summed E-state index contributed by atoms with van der Waals surface area (Å²) in [6.07, 6.45) is 5.40. The van der Waals surface area contributed by atoms with Gasteiger partial charge in [-0.2, -0.15) is 10.2 Å². The summed E-state index contributed by atoms with van der Waals surface area (Å²) in [5.41, 5.74) is 2.30. The van der Waals surface area contributed by atoms with Crippen LogP contribution in [0.2, 0.25) is 0 Å². The standard InChI is InChI=1S/C21H21BrN8O2S/c1-12-18-14(27-26-12)5-4-13(22)19(18)25-20(32)15-10-23-21(33-15)24-16-6-9-30(28-16)11-17(31)29-7-2-3-8-29/h4-6,9-10H,2-3,7-8,11H2,1H3,(H,25,32)(H,26,27)(H,23,24,28). The summed E-state index contributed by atoms with van der Waals surface area (Å²) in [5, 5.41) is 19.0. The van der Waals surface area contributed by atoms with Gasteiger partial charge in [0.1, 0.15) is 11.4 Å². The highest BCUT2D eigenvalue weighted by Gasteiger charge is 2.19. The van der Waals surface area contributed by atoms with E-state index in [-0.39, 0.29) is 18.4 Å². The average molecular weight is 529 g/mol. The molecule has 3 aromatic heterocycles. The van der Waals surface area contributed by atoms with Crippen LogP contribution < -0.4 is 10.6 Å². The van der Waals surface area contributed by atoms with E-state index in [1.165, 1.54) is 17.5 Å². The van der Waals surface area contributed by atoms with Gasteiger partial charge in [-0.1, -0.05) is 11.3 Å². The predicted octanol–water partition coefficient (Wildman–Crippen LogP) is 3.91. The highest BCUT2D eigenvalue weighted by molar-refractivity contribution is 9.10. The van der Waals surface area contributed by atoms with E-state index < -0.39 is 0 Å². The molecule has 5 rings (SSSR count). The molecule has 1 saturated heterocycles. The van der Waals surface area contributed by atoms with Gasteiger partial charge >= 0.3 is 0 Å². The molecule has 1 aromatic carbocycles. The lowest BCUT2D eigenvalue weighted by Gasteiger charge is -2.14. The normalized spacial score (nSPS) is 13.6. The Bertz CT molecular complexity index is 1340. The second-order valence-corrected chi connectivity index (χ2v) is 9.65. The van der Waals surface area contributed by atoms with Gasteiger partial charge < -0.3 is 15.5 Å². The summed E-state index contributed by atoms with van der Waals surface area (Å²) in [5.74, 6) is 0.368. The van der Waals surface area contributed by atoms with Crippen LogP contribution in [0.15, 0.2) is 35.1 Å². The third kappa shape index (κ3) is 4.48. The van der Waals surface area contributed by atoms with Crippen molar-refractivity contribution in [3.63, 3.8) is 0 Å². The van der Waals surface area contributed by atoms with Gasteiger partial charge in [0.15, 0.2) is 10.9 Å². The van der Waals surface area contributed by atoms with Crippen molar-refractivity contribution in [2.24, 2.45) is 0 Å². The summed E-state index contributed by atoms with van der Waals surface area (Å²) in [6, 6.07) is 5.51. The van der Waals surface area contributed by atoms with Crippen molar-refractivity contribution >= 4 is 66.6 Å². The number of fused-ring (bicyclic) bond motifs is 1. The zero-order valence-corrected chi connectivity index (χ0v) is 20.2. The van der Waals surface area contributed by atoms with Crippen molar-refractivity contribution in [1.29, 1.82) is 0 Å². The van der Waals surface area contributed by atoms with Crippen LogP contribution in [0.4, 0.5) is 16.6 Å². The number of hydrogen-bond acceptors (Lipinski definition) is 7. The maximum absolute atomic E-state index is 12.9. The van der Waals surface area contributed by atoms with Crippen molar-refractivity contribution in [3.8, 4) is 0 Å². The number of benzene rings is 1. The number of aromatic amines is 1. The van der Waals surface area contributed by atoms with Crippen LogP contribution in [-0.2, 0) is 11.3 Å². The largest absolute Gasteiger partial charge is 0.341 e. The maximum Gasteiger partial charge on any atom is 0.267 e. The number of H-pyrrole nitrogens is 1. The van der Waals surface area contributed by atoms with E-state index in [4.69, 9.17) is 0 Å². The number of halogens is 1. The molecule has 0 atom stereocenters.